The minimum atomic E-state index is -1.45. The molecular formula is C6H8B2O4. The van der Waals surface area contributed by atoms with Gasteiger partial charge in [0, 0.05) is 0 Å². The lowest BCUT2D eigenvalue weighted by molar-refractivity contribution is -0.135. The second kappa shape index (κ2) is 4.27. The molecule has 0 aliphatic heterocycles. The molecule has 4 nitrogen and oxygen atoms in total. The van der Waals surface area contributed by atoms with Gasteiger partial charge in [0.15, 0.2) is 0 Å². The van der Waals surface area contributed by atoms with Gasteiger partial charge in [-0.15, -0.1) is 0 Å². The Balaban J connectivity index is 2.71. The maximum atomic E-state index is 8.72. The number of benzene rings is 1. The molecule has 0 radical (unpaired) electrons. The molecule has 0 aliphatic carbocycles. The molecule has 0 aliphatic rings. The van der Waals surface area contributed by atoms with Gasteiger partial charge < -0.3 is 14.9 Å². The van der Waals surface area contributed by atoms with Crippen LogP contribution in [0.25, 0.3) is 0 Å². The fraction of sp³-hybridized carbons (Fsp3) is 0. The zero-order chi connectivity index (χ0) is 8.97. The topological polar surface area (TPSA) is 69.9 Å². The first-order valence-corrected chi connectivity index (χ1v) is 3.45. The maximum absolute atomic E-state index is 8.72. The Labute approximate surface area is 70.8 Å². The highest BCUT2D eigenvalue weighted by Gasteiger charge is 2.09. The van der Waals surface area contributed by atoms with Crippen LogP contribution in [0.4, 0.5) is 0 Å². The van der Waals surface area contributed by atoms with Gasteiger partial charge in [-0.1, -0.05) is 24.3 Å². The molecular weight excluding hydrogens is 158 g/mol. The summed E-state index contributed by atoms with van der Waals surface area (Å²) in [6.07, 6.45) is 0. The standard InChI is InChI=1S/C6H8B2O4/c9-8(10)6-3-1-5(2-4-6)7-12-11/h1-4,7,9-11H. The molecule has 0 aromatic heterocycles. The van der Waals surface area contributed by atoms with Gasteiger partial charge in [-0.05, 0) is 10.9 Å². The van der Waals surface area contributed by atoms with Crippen molar-refractivity contribution in [2.24, 2.45) is 0 Å². The third-order valence-electron chi connectivity index (χ3n) is 1.51. The molecule has 3 N–H and O–H groups in total. The molecule has 0 saturated carbocycles. The molecule has 0 fully saturated rings. The molecule has 62 valence electrons. The predicted octanol–water partition coefficient (Wildman–Crippen LogP) is -2.17. The second-order valence-corrected chi connectivity index (χ2v) is 2.39. The molecule has 1 rings (SSSR count). The molecule has 0 unspecified atom stereocenters. The van der Waals surface area contributed by atoms with Crippen LogP contribution in [-0.4, -0.2) is 29.9 Å². The smallest absolute Gasteiger partial charge is 0.423 e. The zero-order valence-corrected chi connectivity index (χ0v) is 6.34. The number of hydrogen-bond donors (Lipinski definition) is 3. The largest absolute Gasteiger partial charge is 0.488 e. The molecule has 0 spiro atoms. The average molecular weight is 166 g/mol. The van der Waals surface area contributed by atoms with Crippen molar-refractivity contribution in [2.45, 2.75) is 0 Å². The third kappa shape index (κ3) is 2.35. The molecule has 0 amide bonds. The molecule has 0 atom stereocenters. The quantitative estimate of drug-likeness (QED) is 0.271. The van der Waals surface area contributed by atoms with Crippen LogP contribution in [0, 0.1) is 0 Å². The van der Waals surface area contributed by atoms with E-state index in [2.05, 4.69) is 4.81 Å². The minimum absolute atomic E-state index is 0.0990. The normalized spacial score (nSPS) is 9.58. The van der Waals surface area contributed by atoms with Crippen LogP contribution < -0.4 is 10.9 Å². The van der Waals surface area contributed by atoms with Crippen molar-refractivity contribution in [1.29, 1.82) is 0 Å². The van der Waals surface area contributed by atoms with Crippen LogP contribution >= 0.6 is 0 Å². The van der Waals surface area contributed by atoms with E-state index in [1.807, 2.05) is 0 Å². The lowest BCUT2D eigenvalue weighted by Crippen LogP contribution is -2.31. The lowest BCUT2D eigenvalue weighted by atomic mass is 9.77. The first-order valence-electron chi connectivity index (χ1n) is 3.45. The van der Waals surface area contributed by atoms with Crippen molar-refractivity contribution in [3.8, 4) is 0 Å². The van der Waals surface area contributed by atoms with E-state index in [0.29, 0.717) is 5.46 Å². The van der Waals surface area contributed by atoms with Crippen molar-refractivity contribution >= 4 is 25.5 Å². The molecule has 6 heteroatoms. The molecule has 1 aromatic rings. The summed E-state index contributed by atoms with van der Waals surface area (Å²) in [5.41, 5.74) is 1.18. The van der Waals surface area contributed by atoms with Crippen LogP contribution in [0.5, 0.6) is 0 Å². The Morgan fingerprint density at radius 1 is 1.17 bits per heavy atom. The average Bonchev–Trinajstić information content (AvgIpc) is 2.06. The number of hydrogen-bond acceptors (Lipinski definition) is 4. The molecule has 0 saturated heterocycles. The zero-order valence-electron chi connectivity index (χ0n) is 6.34. The molecule has 0 bridgehead atoms. The molecule has 0 heterocycles. The summed E-state index contributed by atoms with van der Waals surface area (Å²) in [7, 11) is -1.35. The van der Waals surface area contributed by atoms with E-state index in [-0.39, 0.29) is 7.48 Å². The Bertz CT molecular complexity index is 236. The van der Waals surface area contributed by atoms with Crippen LogP contribution in [0.2, 0.25) is 0 Å². The van der Waals surface area contributed by atoms with E-state index in [1.165, 1.54) is 0 Å². The van der Waals surface area contributed by atoms with E-state index in [9.17, 15) is 0 Å². The monoisotopic (exact) mass is 166 g/mol. The van der Waals surface area contributed by atoms with Gasteiger partial charge >= 0.3 is 14.6 Å². The van der Waals surface area contributed by atoms with Gasteiger partial charge in [-0.2, -0.15) is 0 Å². The van der Waals surface area contributed by atoms with Crippen LogP contribution in [0.15, 0.2) is 24.3 Å². The first kappa shape index (κ1) is 9.28. The lowest BCUT2D eigenvalue weighted by Gasteiger charge is -1.99. The summed E-state index contributed by atoms with van der Waals surface area (Å²) in [4.78, 5) is 3.90. The Morgan fingerprint density at radius 2 is 1.75 bits per heavy atom. The van der Waals surface area contributed by atoms with Crippen molar-refractivity contribution in [3.05, 3.63) is 24.3 Å². The highest BCUT2D eigenvalue weighted by Crippen LogP contribution is 1.81. The van der Waals surface area contributed by atoms with Crippen molar-refractivity contribution in [1.82, 2.24) is 0 Å². The van der Waals surface area contributed by atoms with Gasteiger partial charge in [-0.25, -0.2) is 0 Å². The first-order chi connectivity index (χ1) is 5.74. The highest BCUT2D eigenvalue weighted by molar-refractivity contribution is 6.58. The van der Waals surface area contributed by atoms with Crippen LogP contribution in [0.3, 0.4) is 0 Å². The van der Waals surface area contributed by atoms with Gasteiger partial charge in [0.2, 0.25) is 0 Å². The van der Waals surface area contributed by atoms with E-state index < -0.39 is 7.12 Å². The third-order valence-corrected chi connectivity index (χ3v) is 1.51. The fourth-order valence-electron chi connectivity index (χ4n) is 0.861. The van der Waals surface area contributed by atoms with E-state index in [0.717, 1.165) is 5.46 Å². The maximum Gasteiger partial charge on any atom is 0.488 e. The van der Waals surface area contributed by atoms with Crippen LogP contribution in [-0.2, 0) is 4.81 Å². The Kier molecular flexibility index (Phi) is 3.30. The summed E-state index contributed by atoms with van der Waals surface area (Å²) in [6.45, 7) is 0. The summed E-state index contributed by atoms with van der Waals surface area (Å²) >= 11 is 0. The van der Waals surface area contributed by atoms with Crippen molar-refractivity contribution in [2.75, 3.05) is 0 Å². The predicted molar refractivity (Wildman–Crippen MR) is 46.8 cm³/mol. The highest BCUT2D eigenvalue weighted by atomic mass is 17.1. The Morgan fingerprint density at radius 3 is 2.17 bits per heavy atom. The SMILES string of the molecule is OOBc1ccc(B(O)O)cc1. The van der Waals surface area contributed by atoms with Gasteiger partial charge in [0.05, 0.1) is 0 Å². The molecule has 1 aromatic carbocycles. The Hall–Kier alpha value is -0.810. The van der Waals surface area contributed by atoms with Crippen LogP contribution in [0.1, 0.15) is 0 Å². The van der Waals surface area contributed by atoms with Gasteiger partial charge in [0.1, 0.15) is 0 Å². The van der Waals surface area contributed by atoms with Crippen molar-refractivity contribution in [3.63, 3.8) is 0 Å². The number of rotatable bonds is 3. The summed E-state index contributed by atoms with van der Waals surface area (Å²) < 4.78 is 0. The van der Waals surface area contributed by atoms with E-state index >= 15 is 0 Å². The van der Waals surface area contributed by atoms with Gasteiger partial charge in [-0.3, -0.25) is 5.26 Å². The van der Waals surface area contributed by atoms with E-state index in [1.54, 1.807) is 24.3 Å². The summed E-state index contributed by atoms with van der Waals surface area (Å²) in [5.74, 6) is 0. The van der Waals surface area contributed by atoms with Crippen molar-refractivity contribution < 1.29 is 20.1 Å². The van der Waals surface area contributed by atoms with E-state index in [4.69, 9.17) is 15.3 Å². The summed E-state index contributed by atoms with van der Waals surface area (Å²) in [5, 5.41) is 25.5. The van der Waals surface area contributed by atoms with Gasteiger partial charge in [0.25, 0.3) is 0 Å². The minimum Gasteiger partial charge on any atom is -0.423 e. The fourth-order valence-corrected chi connectivity index (χ4v) is 0.861. The molecule has 12 heavy (non-hydrogen) atoms. The second-order valence-electron chi connectivity index (χ2n) is 2.39. The summed E-state index contributed by atoms with van der Waals surface area (Å²) in [6, 6.07) is 6.40.